The summed E-state index contributed by atoms with van der Waals surface area (Å²) in [5.74, 6) is 0.238. The van der Waals surface area contributed by atoms with Gasteiger partial charge in [0.1, 0.15) is 12.3 Å². The topological polar surface area (TPSA) is 115 Å². The molecule has 1 amide bonds. The highest BCUT2D eigenvalue weighted by molar-refractivity contribution is 7.92. The van der Waals surface area contributed by atoms with Crippen LogP contribution in [0.25, 0.3) is 0 Å². The molecule has 0 unspecified atom stereocenters. The molecule has 1 heterocycles. The van der Waals surface area contributed by atoms with E-state index in [0.29, 0.717) is 11.4 Å². The van der Waals surface area contributed by atoms with Crippen molar-refractivity contribution in [3.8, 4) is 5.75 Å². The van der Waals surface area contributed by atoms with Crippen molar-refractivity contribution in [3.63, 3.8) is 0 Å². The van der Waals surface area contributed by atoms with Gasteiger partial charge in [0.2, 0.25) is 15.9 Å². The zero-order valence-electron chi connectivity index (χ0n) is 12.0. The normalized spacial score (nSPS) is 11.0. The highest BCUT2D eigenvalue weighted by Crippen LogP contribution is 2.22. The summed E-state index contributed by atoms with van der Waals surface area (Å²) in [6.07, 6.45) is 2.32. The number of amides is 1. The van der Waals surface area contributed by atoms with Crippen molar-refractivity contribution >= 4 is 27.4 Å². The zero-order chi connectivity index (χ0) is 16.2. The summed E-state index contributed by atoms with van der Waals surface area (Å²) in [7, 11) is -1.93. The van der Waals surface area contributed by atoms with E-state index in [9.17, 15) is 13.2 Å². The first-order valence-electron chi connectivity index (χ1n) is 6.18. The fraction of sp³-hybridized carbons (Fsp3) is 0.250. The van der Waals surface area contributed by atoms with Gasteiger partial charge in [-0.15, -0.1) is 5.10 Å². The molecule has 0 saturated carbocycles. The highest BCUT2D eigenvalue weighted by Gasteiger charge is 2.10. The summed E-state index contributed by atoms with van der Waals surface area (Å²) < 4.78 is 30.6. The van der Waals surface area contributed by atoms with Gasteiger partial charge >= 0.3 is 0 Å². The number of aromatic nitrogens is 3. The van der Waals surface area contributed by atoms with Gasteiger partial charge < -0.3 is 10.1 Å². The van der Waals surface area contributed by atoms with Crippen molar-refractivity contribution < 1.29 is 17.9 Å². The Hall–Kier alpha value is -2.62. The summed E-state index contributed by atoms with van der Waals surface area (Å²) in [6, 6.07) is 6.98. The molecule has 1 aromatic heterocycles. The van der Waals surface area contributed by atoms with Crippen molar-refractivity contribution in [1.29, 1.82) is 0 Å². The van der Waals surface area contributed by atoms with Crippen molar-refractivity contribution in [2.24, 2.45) is 0 Å². The molecule has 0 aliphatic rings. The molecule has 0 radical (unpaired) electrons. The number of nitrogens with one attached hydrogen (secondary N) is 2. The van der Waals surface area contributed by atoms with Gasteiger partial charge in [-0.25, -0.2) is 13.1 Å². The van der Waals surface area contributed by atoms with Crippen LogP contribution in [0.2, 0.25) is 0 Å². The molecule has 0 spiro atoms. The second-order valence-corrected chi connectivity index (χ2v) is 6.17. The fourth-order valence-corrected chi connectivity index (χ4v) is 2.17. The smallest absolute Gasteiger partial charge is 0.246 e. The summed E-state index contributed by atoms with van der Waals surface area (Å²) in [5.41, 5.74) is 0.532. The van der Waals surface area contributed by atoms with Crippen LogP contribution in [0.1, 0.15) is 0 Å². The molecule has 0 aliphatic heterocycles. The molecule has 0 atom stereocenters. The first-order valence-corrected chi connectivity index (χ1v) is 8.07. The maximum absolute atomic E-state index is 12.0. The van der Waals surface area contributed by atoms with E-state index >= 15 is 0 Å². The van der Waals surface area contributed by atoms with Crippen molar-refractivity contribution in [2.45, 2.75) is 6.54 Å². The van der Waals surface area contributed by atoms with E-state index in [4.69, 9.17) is 4.74 Å². The van der Waals surface area contributed by atoms with Gasteiger partial charge in [0, 0.05) is 0 Å². The van der Waals surface area contributed by atoms with Gasteiger partial charge in [-0.3, -0.25) is 9.52 Å². The van der Waals surface area contributed by atoms with Crippen LogP contribution in [0.5, 0.6) is 5.75 Å². The van der Waals surface area contributed by atoms with Crippen molar-refractivity contribution in [3.05, 3.63) is 30.5 Å². The number of nitrogens with zero attached hydrogens (tertiary/aromatic N) is 3. The molecule has 118 valence electrons. The first kappa shape index (κ1) is 15.8. The van der Waals surface area contributed by atoms with Crippen LogP contribution >= 0.6 is 0 Å². The van der Waals surface area contributed by atoms with E-state index < -0.39 is 10.0 Å². The third kappa shape index (κ3) is 4.45. The van der Waals surface area contributed by atoms with Crippen LogP contribution in [0.4, 0.5) is 11.5 Å². The number of para-hydroxylation sites is 2. The van der Waals surface area contributed by atoms with Crippen LogP contribution in [-0.4, -0.2) is 42.7 Å². The quantitative estimate of drug-likeness (QED) is 0.789. The zero-order valence-corrected chi connectivity index (χ0v) is 12.8. The highest BCUT2D eigenvalue weighted by atomic mass is 32.2. The molecule has 9 nitrogen and oxygen atoms in total. The molecule has 22 heavy (non-hydrogen) atoms. The number of anilines is 2. The second-order valence-electron chi connectivity index (χ2n) is 4.42. The number of hydrogen-bond donors (Lipinski definition) is 2. The molecule has 2 N–H and O–H groups in total. The van der Waals surface area contributed by atoms with Crippen LogP contribution in [0.3, 0.4) is 0 Å². The molecule has 0 bridgehead atoms. The van der Waals surface area contributed by atoms with Crippen molar-refractivity contribution in [2.75, 3.05) is 23.4 Å². The van der Waals surface area contributed by atoms with E-state index in [1.54, 1.807) is 24.3 Å². The summed E-state index contributed by atoms with van der Waals surface area (Å²) in [5, 5.41) is 9.96. The van der Waals surface area contributed by atoms with Crippen LogP contribution in [-0.2, 0) is 21.4 Å². The van der Waals surface area contributed by atoms with E-state index in [1.165, 1.54) is 18.0 Å². The Labute approximate surface area is 127 Å². The minimum atomic E-state index is -3.43. The standard InChI is InChI=1S/C12H15N5O4S/c1-21-10-6-4-3-5-9(10)13-12(18)8-17-7-11(14-16-17)15-22(2,19)20/h3-7,15H,8H2,1-2H3,(H,13,18). The van der Waals surface area contributed by atoms with Gasteiger partial charge in [-0.05, 0) is 12.1 Å². The minimum absolute atomic E-state index is 0.0487. The summed E-state index contributed by atoms with van der Waals surface area (Å²) >= 11 is 0. The number of ether oxygens (including phenoxy) is 1. The van der Waals surface area contributed by atoms with Gasteiger partial charge in [0.05, 0.1) is 25.2 Å². The average Bonchev–Trinajstić information content (AvgIpc) is 2.84. The minimum Gasteiger partial charge on any atom is -0.495 e. The SMILES string of the molecule is COc1ccccc1NC(=O)Cn1cc(NS(C)(=O)=O)nn1. The molecule has 2 aromatic rings. The largest absolute Gasteiger partial charge is 0.495 e. The lowest BCUT2D eigenvalue weighted by Crippen LogP contribution is -2.19. The molecule has 0 fully saturated rings. The monoisotopic (exact) mass is 325 g/mol. The lowest BCUT2D eigenvalue weighted by molar-refractivity contribution is -0.116. The number of methoxy groups -OCH3 is 1. The molecular weight excluding hydrogens is 310 g/mol. The predicted molar refractivity (Wildman–Crippen MR) is 80.1 cm³/mol. The second kappa shape index (κ2) is 6.43. The molecule has 1 aromatic carbocycles. The Balaban J connectivity index is 2.00. The number of benzene rings is 1. The Morgan fingerprint density at radius 1 is 1.36 bits per heavy atom. The van der Waals surface area contributed by atoms with Gasteiger partial charge in [0.25, 0.3) is 0 Å². The maximum atomic E-state index is 12.0. The number of sulfonamides is 1. The number of hydrogen-bond acceptors (Lipinski definition) is 6. The first-order chi connectivity index (χ1) is 10.4. The Bertz CT molecular complexity index is 771. The predicted octanol–water partition coefficient (Wildman–Crippen LogP) is 0.297. The Morgan fingerprint density at radius 3 is 2.77 bits per heavy atom. The van der Waals surface area contributed by atoms with Gasteiger partial charge in [0.15, 0.2) is 5.82 Å². The Morgan fingerprint density at radius 2 is 2.09 bits per heavy atom. The third-order valence-electron chi connectivity index (χ3n) is 2.52. The van der Waals surface area contributed by atoms with E-state index in [1.807, 2.05) is 0 Å². The van der Waals surface area contributed by atoms with Crippen LogP contribution < -0.4 is 14.8 Å². The number of carbonyl (C=O) groups is 1. The van der Waals surface area contributed by atoms with E-state index in [-0.39, 0.29) is 18.3 Å². The van der Waals surface area contributed by atoms with E-state index in [0.717, 1.165) is 6.26 Å². The molecular formula is C12H15N5O4S. The third-order valence-corrected chi connectivity index (χ3v) is 3.10. The maximum Gasteiger partial charge on any atom is 0.246 e. The Kier molecular flexibility index (Phi) is 4.61. The number of carbonyl (C=O) groups excluding carboxylic acids is 1. The van der Waals surface area contributed by atoms with E-state index in [2.05, 4.69) is 20.4 Å². The molecule has 0 aliphatic carbocycles. The van der Waals surface area contributed by atoms with Gasteiger partial charge in [-0.2, -0.15) is 0 Å². The number of rotatable bonds is 6. The lowest BCUT2D eigenvalue weighted by Gasteiger charge is -2.09. The summed E-state index contributed by atoms with van der Waals surface area (Å²) in [4.78, 5) is 12.0. The van der Waals surface area contributed by atoms with Crippen LogP contribution in [0.15, 0.2) is 30.5 Å². The van der Waals surface area contributed by atoms with Crippen LogP contribution in [0, 0.1) is 0 Å². The lowest BCUT2D eigenvalue weighted by atomic mass is 10.3. The van der Waals surface area contributed by atoms with Crippen molar-refractivity contribution in [1.82, 2.24) is 15.0 Å². The van der Waals surface area contributed by atoms with Gasteiger partial charge in [-0.1, -0.05) is 17.3 Å². The molecule has 2 rings (SSSR count). The molecule has 0 saturated heterocycles. The fourth-order valence-electron chi connectivity index (χ4n) is 1.70. The summed E-state index contributed by atoms with van der Waals surface area (Å²) in [6.45, 7) is -0.115. The molecule has 10 heteroatoms. The average molecular weight is 325 g/mol.